The number of amides is 1. The van der Waals surface area contributed by atoms with Crippen molar-refractivity contribution in [3.8, 4) is 5.75 Å². The summed E-state index contributed by atoms with van der Waals surface area (Å²) in [6.07, 6.45) is 0. The summed E-state index contributed by atoms with van der Waals surface area (Å²) in [5.41, 5.74) is 1.86. The van der Waals surface area contributed by atoms with Crippen molar-refractivity contribution in [2.75, 3.05) is 33.1 Å². The molecule has 0 aliphatic heterocycles. The van der Waals surface area contributed by atoms with Gasteiger partial charge < -0.3 is 20.3 Å². The van der Waals surface area contributed by atoms with E-state index >= 15 is 0 Å². The van der Waals surface area contributed by atoms with Crippen LogP contribution in [0.1, 0.15) is 18.5 Å². The third kappa shape index (κ3) is 5.46. The van der Waals surface area contributed by atoms with Crippen molar-refractivity contribution in [2.45, 2.75) is 19.0 Å². The van der Waals surface area contributed by atoms with Gasteiger partial charge in [0, 0.05) is 10.6 Å². The molecule has 0 unspecified atom stereocenters. The van der Waals surface area contributed by atoms with Gasteiger partial charge in [0.1, 0.15) is 12.3 Å². The SMILES string of the molecule is COc1ccc(Cl)cc1NC(=O)[C@H](C)[NH2+]C[C@@H](c1ccccc1)[NH+](C)C. The third-order valence-corrected chi connectivity index (χ3v) is 4.69. The van der Waals surface area contributed by atoms with Crippen LogP contribution in [0.5, 0.6) is 5.75 Å². The van der Waals surface area contributed by atoms with Crippen LogP contribution in [0.25, 0.3) is 0 Å². The van der Waals surface area contributed by atoms with E-state index in [1.54, 1.807) is 25.3 Å². The van der Waals surface area contributed by atoms with E-state index in [0.717, 1.165) is 6.54 Å². The van der Waals surface area contributed by atoms with Crippen molar-refractivity contribution in [1.82, 2.24) is 0 Å². The Morgan fingerprint density at radius 3 is 2.54 bits per heavy atom. The van der Waals surface area contributed by atoms with Gasteiger partial charge in [0.05, 0.1) is 26.9 Å². The molecule has 0 aliphatic carbocycles. The van der Waals surface area contributed by atoms with Gasteiger partial charge in [-0.1, -0.05) is 41.9 Å². The number of likely N-dealkylation sites (N-methyl/N-ethyl adjacent to an activating group) is 1. The zero-order chi connectivity index (χ0) is 19.1. The molecule has 0 aliphatic rings. The number of methoxy groups -OCH3 is 1. The molecule has 6 heteroatoms. The van der Waals surface area contributed by atoms with Gasteiger partial charge in [-0.05, 0) is 25.1 Å². The fraction of sp³-hybridized carbons (Fsp3) is 0.350. The molecule has 0 saturated carbocycles. The fourth-order valence-corrected chi connectivity index (χ4v) is 3.03. The van der Waals surface area contributed by atoms with Crippen molar-refractivity contribution in [2.24, 2.45) is 0 Å². The maximum absolute atomic E-state index is 12.6. The Labute approximate surface area is 160 Å². The summed E-state index contributed by atoms with van der Waals surface area (Å²) in [5.74, 6) is 0.515. The highest BCUT2D eigenvalue weighted by Gasteiger charge is 2.24. The van der Waals surface area contributed by atoms with Gasteiger partial charge in [0.25, 0.3) is 5.91 Å². The number of rotatable bonds is 8. The maximum atomic E-state index is 12.6. The average molecular weight is 378 g/mol. The number of halogens is 1. The number of hydrogen-bond acceptors (Lipinski definition) is 2. The molecule has 0 fully saturated rings. The molecule has 5 nitrogen and oxygen atoms in total. The van der Waals surface area contributed by atoms with Gasteiger partial charge >= 0.3 is 0 Å². The predicted molar refractivity (Wildman–Crippen MR) is 105 cm³/mol. The fourth-order valence-electron chi connectivity index (χ4n) is 2.86. The van der Waals surface area contributed by atoms with Crippen LogP contribution in [-0.4, -0.2) is 39.7 Å². The minimum atomic E-state index is -0.232. The zero-order valence-electron chi connectivity index (χ0n) is 15.8. The highest BCUT2D eigenvalue weighted by Crippen LogP contribution is 2.27. The van der Waals surface area contributed by atoms with E-state index in [9.17, 15) is 4.79 Å². The largest absolute Gasteiger partial charge is 0.495 e. The first-order valence-electron chi connectivity index (χ1n) is 8.75. The molecular formula is C20H28ClN3O2+2. The molecule has 0 spiro atoms. The Kier molecular flexibility index (Phi) is 7.45. The van der Waals surface area contributed by atoms with Crippen LogP contribution >= 0.6 is 11.6 Å². The topological polar surface area (TPSA) is 59.4 Å². The van der Waals surface area contributed by atoms with E-state index in [-0.39, 0.29) is 11.9 Å². The van der Waals surface area contributed by atoms with E-state index < -0.39 is 0 Å². The number of anilines is 1. The summed E-state index contributed by atoms with van der Waals surface area (Å²) < 4.78 is 5.28. The second kappa shape index (κ2) is 9.57. The summed E-state index contributed by atoms with van der Waals surface area (Å²) in [6.45, 7) is 2.72. The Balaban J connectivity index is 1.99. The molecule has 2 rings (SSSR count). The number of quaternary nitrogens is 2. The maximum Gasteiger partial charge on any atom is 0.282 e. The van der Waals surface area contributed by atoms with Crippen molar-refractivity contribution in [3.05, 3.63) is 59.1 Å². The number of hydrogen-bond donors (Lipinski definition) is 3. The van der Waals surface area contributed by atoms with Crippen molar-refractivity contribution in [1.29, 1.82) is 0 Å². The highest BCUT2D eigenvalue weighted by molar-refractivity contribution is 6.31. The van der Waals surface area contributed by atoms with Crippen LogP contribution in [0.2, 0.25) is 5.02 Å². The molecular weight excluding hydrogens is 350 g/mol. The van der Waals surface area contributed by atoms with Gasteiger partial charge in [-0.25, -0.2) is 0 Å². The van der Waals surface area contributed by atoms with E-state index in [4.69, 9.17) is 16.3 Å². The molecule has 0 bridgehead atoms. The Morgan fingerprint density at radius 2 is 1.92 bits per heavy atom. The minimum Gasteiger partial charge on any atom is -0.495 e. The smallest absolute Gasteiger partial charge is 0.282 e. The molecule has 2 atom stereocenters. The van der Waals surface area contributed by atoms with Gasteiger partial charge in [0.2, 0.25) is 0 Å². The van der Waals surface area contributed by atoms with Gasteiger partial charge in [-0.15, -0.1) is 0 Å². The van der Waals surface area contributed by atoms with E-state index in [2.05, 4.69) is 36.9 Å². The summed E-state index contributed by atoms with van der Waals surface area (Å²) in [4.78, 5) is 13.9. The lowest BCUT2D eigenvalue weighted by Crippen LogP contribution is -3.10. The minimum absolute atomic E-state index is 0.0777. The average Bonchev–Trinajstić information content (AvgIpc) is 2.62. The first-order chi connectivity index (χ1) is 12.4. The molecule has 2 aromatic rings. The number of nitrogens with two attached hydrogens (primary N) is 1. The second-order valence-corrected chi connectivity index (χ2v) is 7.07. The van der Waals surface area contributed by atoms with E-state index in [1.807, 2.05) is 25.1 Å². The van der Waals surface area contributed by atoms with Crippen LogP contribution in [0.3, 0.4) is 0 Å². The van der Waals surface area contributed by atoms with Crippen LogP contribution in [-0.2, 0) is 4.79 Å². The normalized spacial score (nSPS) is 13.3. The van der Waals surface area contributed by atoms with E-state index in [0.29, 0.717) is 22.5 Å². The molecule has 2 aromatic carbocycles. The number of carbonyl (C=O) groups excluding carboxylic acids is 1. The van der Waals surface area contributed by atoms with Crippen molar-refractivity contribution < 1.29 is 19.7 Å². The Bertz CT molecular complexity index is 722. The lowest BCUT2D eigenvalue weighted by atomic mass is 10.1. The molecule has 0 saturated heterocycles. The number of nitrogens with one attached hydrogen (secondary N) is 2. The second-order valence-electron chi connectivity index (χ2n) is 6.63. The number of carbonyl (C=O) groups is 1. The summed E-state index contributed by atoms with van der Waals surface area (Å²) in [6, 6.07) is 15.6. The molecule has 1 amide bonds. The van der Waals surface area contributed by atoms with Gasteiger partial charge in [-0.3, -0.25) is 4.79 Å². The first-order valence-corrected chi connectivity index (χ1v) is 9.13. The number of benzene rings is 2. The first kappa shape index (κ1) is 20.2. The molecule has 140 valence electrons. The predicted octanol–water partition coefficient (Wildman–Crippen LogP) is 1.12. The van der Waals surface area contributed by atoms with Crippen LogP contribution < -0.4 is 20.3 Å². The van der Waals surface area contributed by atoms with Crippen LogP contribution in [0, 0.1) is 0 Å². The number of ether oxygens (including phenoxy) is 1. The van der Waals surface area contributed by atoms with Crippen LogP contribution in [0.15, 0.2) is 48.5 Å². The van der Waals surface area contributed by atoms with Crippen molar-refractivity contribution >= 4 is 23.2 Å². The monoisotopic (exact) mass is 377 g/mol. The summed E-state index contributed by atoms with van der Waals surface area (Å²) in [5, 5.41) is 5.53. The van der Waals surface area contributed by atoms with Crippen LogP contribution in [0.4, 0.5) is 5.69 Å². The zero-order valence-corrected chi connectivity index (χ0v) is 16.5. The molecule has 26 heavy (non-hydrogen) atoms. The Morgan fingerprint density at radius 1 is 1.23 bits per heavy atom. The highest BCUT2D eigenvalue weighted by atomic mass is 35.5. The van der Waals surface area contributed by atoms with Gasteiger partial charge in [0.15, 0.2) is 12.1 Å². The van der Waals surface area contributed by atoms with E-state index in [1.165, 1.54) is 10.5 Å². The quantitative estimate of drug-likeness (QED) is 0.645. The Hall–Kier alpha value is -2.08. The third-order valence-electron chi connectivity index (χ3n) is 4.46. The summed E-state index contributed by atoms with van der Waals surface area (Å²) >= 11 is 6.02. The molecule has 0 aromatic heterocycles. The molecule has 0 radical (unpaired) electrons. The summed E-state index contributed by atoms with van der Waals surface area (Å²) in [7, 11) is 5.83. The van der Waals surface area contributed by atoms with Gasteiger partial charge in [-0.2, -0.15) is 0 Å². The molecule has 4 N–H and O–H groups in total. The molecule has 0 heterocycles. The lowest BCUT2D eigenvalue weighted by Gasteiger charge is -2.22. The lowest BCUT2D eigenvalue weighted by molar-refractivity contribution is -0.910. The standard InChI is InChI=1S/C20H26ClN3O2/c1-14(20(25)23-17-12-16(21)10-11-19(17)26-4)22-13-18(24(2)3)15-8-6-5-7-9-15/h5-12,14,18,22H,13H2,1-4H3,(H,23,25)/p+2/t14-,18-/m0/s1. The van der Waals surface area contributed by atoms with Crippen molar-refractivity contribution in [3.63, 3.8) is 0 Å².